The molecule has 6 heteroatoms. The number of ether oxygens (including phenoxy) is 1. The fraction of sp³-hybridized carbons (Fsp3) is 0.118. The lowest BCUT2D eigenvalue weighted by molar-refractivity contribution is 0.141. The molecule has 0 radical (unpaired) electrons. The number of phenols is 1. The third-order valence-electron chi connectivity index (χ3n) is 2.79. The van der Waals surface area contributed by atoms with Crippen LogP contribution in [-0.4, -0.2) is 17.7 Å². The molecule has 0 heterocycles. The van der Waals surface area contributed by atoms with Crippen molar-refractivity contribution in [3.63, 3.8) is 0 Å². The number of amides is 1. The SMILES string of the molecule is O=C(NCC#Cc1cc(F)cc(Cl)c1O)OCc1ccccc1. The Bertz CT molecular complexity index is 754. The molecule has 2 aromatic rings. The largest absolute Gasteiger partial charge is 0.505 e. The van der Waals surface area contributed by atoms with Gasteiger partial charge in [0.05, 0.1) is 17.1 Å². The van der Waals surface area contributed by atoms with Crippen molar-refractivity contribution < 1.29 is 19.0 Å². The van der Waals surface area contributed by atoms with Crippen molar-refractivity contribution >= 4 is 17.7 Å². The highest BCUT2D eigenvalue weighted by atomic mass is 35.5. The van der Waals surface area contributed by atoms with Gasteiger partial charge < -0.3 is 15.2 Å². The molecule has 0 aliphatic rings. The van der Waals surface area contributed by atoms with E-state index in [4.69, 9.17) is 16.3 Å². The summed E-state index contributed by atoms with van der Waals surface area (Å²) in [7, 11) is 0. The van der Waals surface area contributed by atoms with Crippen molar-refractivity contribution in [2.45, 2.75) is 6.61 Å². The number of benzene rings is 2. The van der Waals surface area contributed by atoms with Gasteiger partial charge in [0.25, 0.3) is 0 Å². The van der Waals surface area contributed by atoms with E-state index in [-0.39, 0.29) is 29.5 Å². The summed E-state index contributed by atoms with van der Waals surface area (Å²) in [6.45, 7) is 0.140. The Morgan fingerprint density at radius 1 is 1.30 bits per heavy atom. The van der Waals surface area contributed by atoms with Gasteiger partial charge in [-0.15, -0.1) is 0 Å². The minimum atomic E-state index is -0.621. The first-order valence-electron chi connectivity index (χ1n) is 6.67. The Balaban J connectivity index is 1.82. The van der Waals surface area contributed by atoms with Crippen LogP contribution < -0.4 is 5.32 Å². The van der Waals surface area contributed by atoms with E-state index in [1.165, 1.54) is 0 Å². The van der Waals surface area contributed by atoms with Crippen LogP contribution in [0.15, 0.2) is 42.5 Å². The summed E-state index contributed by atoms with van der Waals surface area (Å²) in [5.41, 5.74) is 0.919. The summed E-state index contributed by atoms with van der Waals surface area (Å²) in [5, 5.41) is 11.9. The standard InChI is InChI=1S/C17H13ClFNO3/c18-15-10-14(19)9-13(16(15)21)7-4-8-20-17(22)23-11-12-5-2-1-3-6-12/h1-3,5-6,9-10,21H,8,11H2,(H,20,22). The molecule has 0 saturated heterocycles. The molecule has 2 rings (SSSR count). The zero-order valence-corrected chi connectivity index (χ0v) is 12.7. The van der Waals surface area contributed by atoms with E-state index >= 15 is 0 Å². The van der Waals surface area contributed by atoms with E-state index < -0.39 is 11.9 Å². The van der Waals surface area contributed by atoms with Crippen molar-refractivity contribution in [2.24, 2.45) is 0 Å². The predicted molar refractivity (Wildman–Crippen MR) is 84.6 cm³/mol. The van der Waals surface area contributed by atoms with Gasteiger partial charge in [0.2, 0.25) is 0 Å². The molecule has 4 nitrogen and oxygen atoms in total. The van der Waals surface area contributed by atoms with E-state index in [1.807, 2.05) is 30.3 Å². The van der Waals surface area contributed by atoms with E-state index in [1.54, 1.807) is 0 Å². The average molecular weight is 334 g/mol. The molecule has 2 N–H and O–H groups in total. The van der Waals surface area contributed by atoms with Crippen molar-refractivity contribution in [2.75, 3.05) is 6.54 Å². The zero-order chi connectivity index (χ0) is 16.7. The normalized spacial score (nSPS) is 9.65. The first-order valence-corrected chi connectivity index (χ1v) is 7.05. The van der Waals surface area contributed by atoms with Crippen LogP contribution >= 0.6 is 11.6 Å². The molecule has 0 aliphatic carbocycles. The maximum atomic E-state index is 13.2. The highest BCUT2D eigenvalue weighted by Gasteiger charge is 2.06. The molecule has 0 bridgehead atoms. The maximum absolute atomic E-state index is 13.2. The van der Waals surface area contributed by atoms with Crippen molar-refractivity contribution in [3.05, 3.63) is 64.4 Å². The van der Waals surface area contributed by atoms with Gasteiger partial charge >= 0.3 is 6.09 Å². The van der Waals surface area contributed by atoms with Crippen LogP contribution in [0.3, 0.4) is 0 Å². The van der Waals surface area contributed by atoms with Crippen LogP contribution in [0.4, 0.5) is 9.18 Å². The minimum Gasteiger partial charge on any atom is -0.505 e. The number of halogens is 2. The first-order chi connectivity index (χ1) is 11.1. The lowest BCUT2D eigenvalue weighted by Crippen LogP contribution is -2.24. The van der Waals surface area contributed by atoms with Crippen LogP contribution in [0, 0.1) is 17.7 Å². The number of hydrogen-bond acceptors (Lipinski definition) is 3. The lowest BCUT2D eigenvalue weighted by atomic mass is 10.2. The van der Waals surface area contributed by atoms with E-state index in [0.717, 1.165) is 17.7 Å². The van der Waals surface area contributed by atoms with E-state index in [0.29, 0.717) is 0 Å². The smallest absolute Gasteiger partial charge is 0.408 e. The molecule has 0 fully saturated rings. The summed E-state index contributed by atoms with van der Waals surface area (Å²) in [5.74, 6) is 4.20. The van der Waals surface area contributed by atoms with Crippen molar-refractivity contribution in [3.8, 4) is 17.6 Å². The van der Waals surface area contributed by atoms with Gasteiger partial charge in [-0.05, 0) is 17.7 Å². The molecule has 118 valence electrons. The van der Waals surface area contributed by atoms with Crippen LogP contribution in [-0.2, 0) is 11.3 Å². The molecule has 2 aromatic carbocycles. The van der Waals surface area contributed by atoms with Crippen LogP contribution in [0.25, 0.3) is 0 Å². The topological polar surface area (TPSA) is 58.6 Å². The van der Waals surface area contributed by atoms with Gasteiger partial charge in [-0.25, -0.2) is 9.18 Å². The number of rotatable bonds is 3. The Labute approximate surface area is 137 Å². The predicted octanol–water partition coefficient (Wildman–Crippen LogP) is 3.46. The maximum Gasteiger partial charge on any atom is 0.408 e. The number of carbonyl (C=O) groups excluding carboxylic acids is 1. The van der Waals surface area contributed by atoms with E-state index in [9.17, 15) is 14.3 Å². The Kier molecular flexibility index (Phi) is 5.84. The van der Waals surface area contributed by atoms with Crippen LogP contribution in [0.2, 0.25) is 5.02 Å². The molecule has 0 aliphatic heterocycles. The Hall–Kier alpha value is -2.71. The van der Waals surface area contributed by atoms with E-state index in [2.05, 4.69) is 17.2 Å². The van der Waals surface area contributed by atoms with Gasteiger partial charge in [-0.2, -0.15) is 0 Å². The van der Waals surface area contributed by atoms with Gasteiger partial charge in [-0.1, -0.05) is 53.8 Å². The average Bonchev–Trinajstić information content (AvgIpc) is 2.54. The number of alkyl carbamates (subject to hydrolysis) is 1. The summed E-state index contributed by atoms with van der Waals surface area (Å²) >= 11 is 5.63. The monoisotopic (exact) mass is 333 g/mol. The molecule has 1 amide bonds. The summed E-state index contributed by atoms with van der Waals surface area (Å²) in [6.07, 6.45) is -0.621. The molecule has 0 aromatic heterocycles. The highest BCUT2D eigenvalue weighted by molar-refractivity contribution is 6.32. The zero-order valence-electron chi connectivity index (χ0n) is 12.0. The first kappa shape index (κ1) is 16.7. The number of phenolic OH excluding ortho intramolecular Hbond substituents is 1. The Morgan fingerprint density at radius 2 is 2.04 bits per heavy atom. The van der Waals surface area contributed by atoms with Gasteiger partial charge in [0.15, 0.2) is 0 Å². The number of carbonyl (C=O) groups is 1. The molecule has 0 atom stereocenters. The molecule has 23 heavy (non-hydrogen) atoms. The van der Waals surface area contributed by atoms with Gasteiger partial charge in [-0.3, -0.25) is 0 Å². The second-order valence-corrected chi connectivity index (χ2v) is 4.91. The quantitative estimate of drug-likeness (QED) is 0.846. The van der Waals surface area contributed by atoms with Crippen LogP contribution in [0.5, 0.6) is 5.75 Å². The minimum absolute atomic E-state index is 0.0127. The Morgan fingerprint density at radius 3 is 2.78 bits per heavy atom. The number of nitrogens with one attached hydrogen (secondary N) is 1. The fourth-order valence-corrected chi connectivity index (χ4v) is 1.90. The number of aromatic hydroxyl groups is 1. The van der Waals surface area contributed by atoms with Crippen molar-refractivity contribution in [1.29, 1.82) is 0 Å². The lowest BCUT2D eigenvalue weighted by Gasteiger charge is -2.04. The van der Waals surface area contributed by atoms with Gasteiger partial charge in [0, 0.05) is 0 Å². The molecule has 0 spiro atoms. The second kappa shape index (κ2) is 8.06. The van der Waals surface area contributed by atoms with Crippen LogP contribution in [0.1, 0.15) is 11.1 Å². The summed E-state index contributed by atoms with van der Waals surface area (Å²) in [4.78, 5) is 11.5. The van der Waals surface area contributed by atoms with Crippen molar-refractivity contribution in [1.82, 2.24) is 5.32 Å². The summed E-state index contributed by atoms with van der Waals surface area (Å²) < 4.78 is 18.1. The van der Waals surface area contributed by atoms with Gasteiger partial charge in [0.1, 0.15) is 18.2 Å². The highest BCUT2D eigenvalue weighted by Crippen LogP contribution is 2.27. The third-order valence-corrected chi connectivity index (χ3v) is 3.07. The molecular weight excluding hydrogens is 321 g/mol. The molecule has 0 unspecified atom stereocenters. The number of hydrogen-bond donors (Lipinski definition) is 2. The molecule has 0 saturated carbocycles. The second-order valence-electron chi connectivity index (χ2n) is 4.50. The fourth-order valence-electron chi connectivity index (χ4n) is 1.69. The third kappa shape index (κ3) is 5.20. The summed E-state index contributed by atoms with van der Waals surface area (Å²) in [6, 6.07) is 11.3. The molecular formula is C17H13ClFNO3.